The van der Waals surface area contributed by atoms with Gasteiger partial charge in [-0.2, -0.15) is 0 Å². The summed E-state index contributed by atoms with van der Waals surface area (Å²) in [6.45, 7) is 1.58. The molecule has 0 aromatic carbocycles. The van der Waals surface area contributed by atoms with Crippen LogP contribution in [0, 0.1) is 17.9 Å². The third kappa shape index (κ3) is 2.95. The number of nitrogens with zero attached hydrogens (tertiary/aromatic N) is 2. The normalized spacial score (nSPS) is 8.75. The summed E-state index contributed by atoms with van der Waals surface area (Å²) in [5.74, 6) is -0.331. The average molecular weight is 226 g/mol. The van der Waals surface area contributed by atoms with Gasteiger partial charge in [0.15, 0.2) is 5.82 Å². The molecule has 1 rings (SSSR count). The summed E-state index contributed by atoms with van der Waals surface area (Å²) < 4.78 is 4.79. The third-order valence-corrected chi connectivity index (χ3v) is 1.59. The molecule has 0 unspecified atom stereocenters. The summed E-state index contributed by atoms with van der Waals surface area (Å²) in [4.78, 5) is 17.4. The first-order valence-corrected chi connectivity index (χ1v) is 4.29. The Morgan fingerprint density at radius 3 is 2.50 bits per heavy atom. The fraction of sp³-hybridized carbons (Fsp3) is 0.375. The van der Waals surface area contributed by atoms with E-state index in [-0.39, 0.29) is 11.6 Å². The molecule has 16 heavy (non-hydrogen) atoms. The molecule has 0 aliphatic rings. The minimum absolute atomic E-state index is 0.0386. The molecule has 0 aliphatic carbocycles. The number of methoxy groups -OCH3 is 1. The predicted octanol–water partition coefficient (Wildman–Crippen LogP) is 0.0182. The minimum Gasteiger partial charge on any atom is -0.490 e. The van der Waals surface area contributed by atoms with Gasteiger partial charge >= 0.3 is 0 Å². The predicted molar refractivity (Wildman–Crippen MR) is 58.2 cm³/mol. The topological polar surface area (TPSA) is 141 Å². The molecule has 1 aromatic heterocycles. The number of hydrogen-bond acceptors (Lipinski definition) is 6. The third-order valence-electron chi connectivity index (χ3n) is 1.59. The van der Waals surface area contributed by atoms with E-state index < -0.39 is 11.4 Å². The van der Waals surface area contributed by atoms with Gasteiger partial charge in [0.2, 0.25) is 11.6 Å². The van der Waals surface area contributed by atoms with Crippen molar-refractivity contribution in [1.29, 1.82) is 10.9 Å². The number of nitrogens with one attached hydrogen (secondary N) is 3. The van der Waals surface area contributed by atoms with E-state index in [2.05, 4.69) is 20.8 Å². The molecular weight excluding hydrogens is 212 g/mol. The molecule has 0 fully saturated rings. The zero-order chi connectivity index (χ0) is 12.7. The summed E-state index contributed by atoms with van der Waals surface area (Å²) >= 11 is 0. The number of rotatable bonds is 2. The van der Waals surface area contributed by atoms with Gasteiger partial charge in [0.05, 0.1) is 12.8 Å². The molecule has 8 heteroatoms. The van der Waals surface area contributed by atoms with Gasteiger partial charge in [0, 0.05) is 0 Å². The highest BCUT2D eigenvalue weighted by Crippen LogP contribution is 2.07. The Morgan fingerprint density at radius 2 is 2.12 bits per heavy atom. The van der Waals surface area contributed by atoms with Crippen molar-refractivity contribution in [1.82, 2.24) is 9.97 Å². The highest BCUT2D eigenvalue weighted by atomic mass is 16.5. The second-order valence-corrected chi connectivity index (χ2v) is 2.49. The van der Waals surface area contributed by atoms with Crippen molar-refractivity contribution in [2.45, 2.75) is 6.92 Å². The van der Waals surface area contributed by atoms with Gasteiger partial charge in [-0.25, -0.2) is 10.5 Å². The lowest BCUT2D eigenvalue weighted by molar-refractivity contribution is 0.402. The van der Waals surface area contributed by atoms with Crippen molar-refractivity contribution in [2.75, 3.05) is 14.2 Å². The van der Waals surface area contributed by atoms with Gasteiger partial charge < -0.3 is 15.5 Å². The standard InChI is InChI=1S/C7H9N5O2.CH5N/c1-3-4(14-2)7(13)11-6(10-3)5(8)12-9;1-2/h8-9H,1-2H3,(H,10,11,13);2H2,1H3. The summed E-state index contributed by atoms with van der Waals surface area (Å²) in [5, 5.41) is 10.0. The molecule has 0 radical (unpaired) electrons. The number of aryl methyl sites for hydroxylation is 1. The molecule has 0 amide bonds. The minimum atomic E-state index is -0.483. The fourth-order valence-corrected chi connectivity index (χ4v) is 0.981. The van der Waals surface area contributed by atoms with Crippen LogP contribution in [-0.2, 0) is 0 Å². The maximum Gasteiger partial charge on any atom is 0.293 e. The molecule has 0 atom stereocenters. The smallest absolute Gasteiger partial charge is 0.293 e. The van der Waals surface area contributed by atoms with E-state index in [1.807, 2.05) is 0 Å². The second kappa shape index (κ2) is 6.40. The molecule has 0 saturated carbocycles. The van der Waals surface area contributed by atoms with Gasteiger partial charge in [-0.05, 0) is 14.0 Å². The van der Waals surface area contributed by atoms with E-state index in [1.165, 1.54) is 14.2 Å². The number of amidine groups is 1. The van der Waals surface area contributed by atoms with E-state index >= 15 is 0 Å². The van der Waals surface area contributed by atoms with Crippen LogP contribution in [-0.4, -0.2) is 30.0 Å². The van der Waals surface area contributed by atoms with Crippen molar-refractivity contribution < 1.29 is 4.74 Å². The first-order chi connectivity index (χ1) is 7.60. The number of H-pyrrole nitrogens is 1. The average Bonchev–Trinajstić information content (AvgIpc) is 2.30. The first-order valence-electron chi connectivity index (χ1n) is 4.29. The Morgan fingerprint density at radius 1 is 1.56 bits per heavy atom. The lowest BCUT2D eigenvalue weighted by Gasteiger charge is -2.03. The first kappa shape index (κ1) is 13.9. The van der Waals surface area contributed by atoms with Gasteiger partial charge in [-0.3, -0.25) is 10.2 Å². The zero-order valence-corrected chi connectivity index (χ0v) is 9.29. The van der Waals surface area contributed by atoms with E-state index in [1.54, 1.807) is 6.92 Å². The molecule has 0 bridgehead atoms. The largest absolute Gasteiger partial charge is 0.490 e. The number of nitrogens with two attached hydrogens (primary N) is 1. The van der Waals surface area contributed by atoms with Crippen molar-refractivity contribution >= 4 is 5.84 Å². The van der Waals surface area contributed by atoms with Gasteiger partial charge in [0.1, 0.15) is 0 Å². The molecule has 0 aliphatic heterocycles. The maximum absolute atomic E-state index is 11.3. The van der Waals surface area contributed by atoms with E-state index in [0.29, 0.717) is 5.69 Å². The van der Waals surface area contributed by atoms with Crippen molar-refractivity contribution in [3.8, 4) is 5.75 Å². The molecule has 1 heterocycles. The highest BCUT2D eigenvalue weighted by Gasteiger charge is 2.10. The number of ether oxygens (including phenoxy) is 1. The quantitative estimate of drug-likeness (QED) is 0.320. The summed E-state index contributed by atoms with van der Waals surface area (Å²) in [5.41, 5.74) is 11.0. The van der Waals surface area contributed by atoms with E-state index in [9.17, 15) is 4.79 Å². The summed E-state index contributed by atoms with van der Waals surface area (Å²) in [6.07, 6.45) is 0. The molecule has 5 N–H and O–H groups in total. The molecule has 88 valence electrons. The van der Waals surface area contributed by atoms with Crippen LogP contribution < -0.4 is 16.0 Å². The Kier molecular flexibility index (Phi) is 5.57. The molecule has 1 aromatic rings. The monoisotopic (exact) mass is 226 g/mol. The Labute approximate surface area is 91.9 Å². The fourth-order valence-electron chi connectivity index (χ4n) is 0.981. The van der Waals surface area contributed by atoms with Crippen molar-refractivity contribution in [2.24, 2.45) is 10.8 Å². The Bertz CT molecular complexity index is 439. The molecule has 8 nitrogen and oxygen atoms in total. The zero-order valence-electron chi connectivity index (χ0n) is 9.29. The summed E-state index contributed by atoms with van der Waals surface area (Å²) in [7, 11) is 2.86. The van der Waals surface area contributed by atoms with Crippen LogP contribution in [0.15, 0.2) is 9.91 Å². The number of aromatic nitrogens is 2. The number of hydrogen-bond donors (Lipinski definition) is 4. The molecular formula is C8H14N6O2. The van der Waals surface area contributed by atoms with Crippen LogP contribution in [0.5, 0.6) is 5.75 Å². The van der Waals surface area contributed by atoms with Crippen LogP contribution in [0.3, 0.4) is 0 Å². The van der Waals surface area contributed by atoms with Gasteiger partial charge in [-0.15, -0.1) is 5.11 Å². The van der Waals surface area contributed by atoms with E-state index in [0.717, 1.165) is 0 Å². The van der Waals surface area contributed by atoms with Crippen molar-refractivity contribution in [3.05, 3.63) is 21.9 Å². The summed E-state index contributed by atoms with van der Waals surface area (Å²) in [6, 6.07) is 0. The lowest BCUT2D eigenvalue weighted by atomic mass is 10.4. The van der Waals surface area contributed by atoms with Crippen LogP contribution in [0.4, 0.5) is 0 Å². The second-order valence-electron chi connectivity index (χ2n) is 2.49. The SMILES string of the molecule is CN.COc1c(C)nc(C(=N)N=N)[nH]c1=O. The Balaban J connectivity index is 0.00000106. The molecule has 0 saturated heterocycles. The number of aromatic amines is 1. The van der Waals surface area contributed by atoms with Crippen molar-refractivity contribution in [3.63, 3.8) is 0 Å². The van der Waals surface area contributed by atoms with Gasteiger partial charge in [-0.1, -0.05) is 0 Å². The van der Waals surface area contributed by atoms with Crippen LogP contribution >= 0.6 is 0 Å². The van der Waals surface area contributed by atoms with Crippen LogP contribution in [0.1, 0.15) is 11.5 Å². The maximum atomic E-state index is 11.3. The van der Waals surface area contributed by atoms with Crippen LogP contribution in [0.25, 0.3) is 0 Å². The Hall–Kier alpha value is -2.09. The van der Waals surface area contributed by atoms with Crippen LogP contribution in [0.2, 0.25) is 0 Å². The lowest BCUT2D eigenvalue weighted by Crippen LogP contribution is -2.17. The van der Waals surface area contributed by atoms with Gasteiger partial charge in [0.25, 0.3) is 5.56 Å². The van der Waals surface area contributed by atoms with E-state index in [4.69, 9.17) is 15.7 Å². The highest BCUT2D eigenvalue weighted by molar-refractivity contribution is 5.92. The molecule has 0 spiro atoms.